The molecule has 0 spiro atoms. The van der Waals surface area contributed by atoms with E-state index in [9.17, 15) is 24.3 Å². The van der Waals surface area contributed by atoms with Crippen LogP contribution in [0.25, 0.3) is 33.4 Å². The highest BCUT2D eigenvalue weighted by molar-refractivity contribution is 6.10. The SMILES string of the molecule is Nc1ccc2c(-c3ccc(C(=O)O)cc3C(=O)ON3C(=O)CCC3=O)c3ccc(=[NH2+])cc-3oc2c1. The van der Waals surface area contributed by atoms with E-state index in [1.807, 2.05) is 0 Å². The van der Waals surface area contributed by atoms with E-state index < -0.39 is 23.8 Å². The first-order valence-corrected chi connectivity index (χ1v) is 10.5. The number of amides is 2. The zero-order valence-electron chi connectivity index (χ0n) is 18.1. The third-order valence-corrected chi connectivity index (χ3v) is 5.71. The molecule has 1 saturated heterocycles. The average molecular weight is 472 g/mol. The number of hydrogen-bond donors (Lipinski definition) is 3. The van der Waals surface area contributed by atoms with Gasteiger partial charge in [0.15, 0.2) is 5.36 Å². The zero-order chi connectivity index (χ0) is 24.9. The molecule has 0 atom stereocenters. The van der Waals surface area contributed by atoms with Gasteiger partial charge < -0.3 is 20.1 Å². The summed E-state index contributed by atoms with van der Waals surface area (Å²) >= 11 is 0. The van der Waals surface area contributed by atoms with Crippen LogP contribution in [0.5, 0.6) is 0 Å². The van der Waals surface area contributed by atoms with E-state index >= 15 is 0 Å². The minimum Gasteiger partial charge on any atom is -0.478 e. The summed E-state index contributed by atoms with van der Waals surface area (Å²) in [5, 5.41) is 16.9. The van der Waals surface area contributed by atoms with E-state index in [-0.39, 0.29) is 24.0 Å². The molecule has 1 fully saturated rings. The Morgan fingerprint density at radius 3 is 2.40 bits per heavy atom. The third-order valence-electron chi connectivity index (χ3n) is 5.71. The number of anilines is 1. The fourth-order valence-corrected chi connectivity index (χ4v) is 4.07. The summed E-state index contributed by atoms with van der Waals surface area (Å²) < 4.78 is 6.00. The Labute approximate surface area is 196 Å². The van der Waals surface area contributed by atoms with Crippen molar-refractivity contribution >= 4 is 40.4 Å². The Hall–Kier alpha value is -4.99. The topological polar surface area (TPSA) is 166 Å². The van der Waals surface area contributed by atoms with Crippen LogP contribution in [0, 0.1) is 0 Å². The minimum atomic E-state index is -1.27. The molecule has 0 unspecified atom stereocenters. The molecule has 3 aliphatic rings. The molecule has 2 aromatic carbocycles. The van der Waals surface area contributed by atoms with Crippen molar-refractivity contribution < 1.29 is 38.9 Å². The lowest BCUT2D eigenvalue weighted by Crippen LogP contribution is -2.44. The maximum absolute atomic E-state index is 13.2. The highest BCUT2D eigenvalue weighted by Crippen LogP contribution is 2.42. The Morgan fingerprint density at radius 1 is 0.971 bits per heavy atom. The second-order valence-electron chi connectivity index (χ2n) is 8.01. The molecule has 10 nitrogen and oxygen atoms in total. The number of carbonyl (C=O) groups is 4. The van der Waals surface area contributed by atoms with Gasteiger partial charge in [0.25, 0.3) is 11.8 Å². The van der Waals surface area contributed by atoms with Crippen LogP contribution in [-0.2, 0) is 14.4 Å². The molecule has 2 aliphatic heterocycles. The van der Waals surface area contributed by atoms with Crippen LogP contribution in [0.3, 0.4) is 0 Å². The predicted molar refractivity (Wildman–Crippen MR) is 121 cm³/mol. The number of nitrogens with two attached hydrogens (primary N) is 2. The Balaban J connectivity index is 1.78. The molecule has 2 amide bonds. The zero-order valence-corrected chi connectivity index (χ0v) is 18.1. The van der Waals surface area contributed by atoms with Crippen LogP contribution in [0.4, 0.5) is 5.69 Å². The van der Waals surface area contributed by atoms with Crippen LogP contribution < -0.4 is 16.5 Å². The lowest BCUT2D eigenvalue weighted by atomic mass is 9.90. The maximum atomic E-state index is 13.2. The Morgan fingerprint density at radius 2 is 1.69 bits per heavy atom. The van der Waals surface area contributed by atoms with Gasteiger partial charge in [0.2, 0.25) is 0 Å². The second kappa shape index (κ2) is 8.10. The number of benzene rings is 3. The molecule has 174 valence electrons. The summed E-state index contributed by atoms with van der Waals surface area (Å²) in [5.74, 6) is -3.22. The number of nitrogen functional groups attached to an aromatic ring is 1. The number of rotatable bonds is 4. The summed E-state index contributed by atoms with van der Waals surface area (Å²) in [6.07, 6.45) is -0.154. The predicted octanol–water partition coefficient (Wildman–Crippen LogP) is 1.37. The third kappa shape index (κ3) is 3.76. The number of aromatic carboxylic acids is 1. The number of carbonyl (C=O) groups excluding carboxylic acids is 3. The molecule has 2 heterocycles. The van der Waals surface area contributed by atoms with E-state index in [0.29, 0.717) is 49.5 Å². The number of nitrogens with zero attached hydrogens (tertiary/aromatic N) is 1. The molecule has 35 heavy (non-hydrogen) atoms. The van der Waals surface area contributed by atoms with E-state index in [2.05, 4.69) is 0 Å². The van der Waals surface area contributed by atoms with Crippen molar-refractivity contribution in [2.24, 2.45) is 0 Å². The molecule has 5 N–H and O–H groups in total. The molecule has 0 bridgehead atoms. The van der Waals surface area contributed by atoms with Gasteiger partial charge in [-0.05, 0) is 35.9 Å². The lowest BCUT2D eigenvalue weighted by molar-refractivity contribution is -0.173. The molecule has 0 aromatic heterocycles. The number of carboxylic acid groups (broad SMARTS) is 1. The van der Waals surface area contributed by atoms with Crippen molar-refractivity contribution in [2.45, 2.75) is 12.8 Å². The summed E-state index contributed by atoms with van der Waals surface area (Å²) in [6.45, 7) is 0. The molecule has 2 aromatic rings. The number of hydroxylamine groups is 2. The fraction of sp³-hybridized carbons (Fsp3) is 0.0800. The van der Waals surface area contributed by atoms with Gasteiger partial charge >= 0.3 is 11.9 Å². The van der Waals surface area contributed by atoms with Gasteiger partial charge in [0, 0.05) is 47.2 Å². The summed E-state index contributed by atoms with van der Waals surface area (Å²) in [6, 6.07) is 13.9. The van der Waals surface area contributed by atoms with Gasteiger partial charge in [-0.2, -0.15) is 0 Å². The molecule has 1 aliphatic carbocycles. The van der Waals surface area contributed by atoms with E-state index in [1.165, 1.54) is 12.1 Å². The van der Waals surface area contributed by atoms with E-state index in [4.69, 9.17) is 20.4 Å². The van der Waals surface area contributed by atoms with Crippen molar-refractivity contribution in [3.05, 3.63) is 71.1 Å². The summed E-state index contributed by atoms with van der Waals surface area (Å²) in [5.41, 5.74) is 7.89. The highest BCUT2D eigenvalue weighted by Gasteiger charge is 2.34. The molecular weight excluding hydrogens is 454 g/mol. The Kier molecular flexibility index (Phi) is 5.05. The molecule has 0 saturated carbocycles. The fourth-order valence-electron chi connectivity index (χ4n) is 4.07. The van der Waals surface area contributed by atoms with Crippen LogP contribution >= 0.6 is 0 Å². The molecule has 10 heteroatoms. The maximum Gasteiger partial charge on any atom is 0.364 e. The average Bonchev–Trinajstić information content (AvgIpc) is 3.14. The first-order chi connectivity index (χ1) is 16.7. The van der Waals surface area contributed by atoms with E-state index in [1.54, 1.807) is 36.4 Å². The quantitative estimate of drug-likeness (QED) is 0.227. The van der Waals surface area contributed by atoms with Gasteiger partial charge in [-0.3, -0.25) is 15.0 Å². The van der Waals surface area contributed by atoms with Gasteiger partial charge in [0.05, 0.1) is 17.2 Å². The molecule has 5 rings (SSSR count). The van der Waals surface area contributed by atoms with Crippen molar-refractivity contribution in [3.8, 4) is 22.5 Å². The Bertz CT molecular complexity index is 1590. The lowest BCUT2D eigenvalue weighted by Gasteiger charge is -2.19. The number of carboxylic acids is 1. The number of imide groups is 1. The van der Waals surface area contributed by atoms with Crippen LogP contribution in [0.2, 0.25) is 0 Å². The van der Waals surface area contributed by atoms with Crippen LogP contribution in [0.15, 0.2) is 59.0 Å². The normalized spacial score (nSPS) is 13.5. The van der Waals surface area contributed by atoms with Gasteiger partial charge in [0.1, 0.15) is 11.3 Å². The summed E-state index contributed by atoms with van der Waals surface area (Å²) in [4.78, 5) is 54.0. The van der Waals surface area contributed by atoms with Crippen molar-refractivity contribution in [2.75, 3.05) is 5.73 Å². The largest absolute Gasteiger partial charge is 0.478 e. The number of fused-ring (bicyclic) bond motifs is 2. The van der Waals surface area contributed by atoms with E-state index in [0.717, 1.165) is 6.07 Å². The highest BCUT2D eigenvalue weighted by atomic mass is 16.7. The first kappa shape index (κ1) is 21.8. The standard InChI is InChI=1S/C25H17N3O7/c26-13-2-5-16-19(10-13)34-20-11-14(27)3-6-17(20)23(16)15-4-1-12(24(31)32)9-18(15)25(33)35-28-21(29)7-8-22(28)30/h1-6,9-11,26H,7-8,27H2,(H,31,32)/p+1. The van der Waals surface area contributed by atoms with Gasteiger partial charge in [-0.1, -0.05) is 6.07 Å². The number of hydrogen-bond acceptors (Lipinski definition) is 7. The van der Waals surface area contributed by atoms with Gasteiger partial charge in [-0.15, -0.1) is 5.06 Å². The first-order valence-electron chi connectivity index (χ1n) is 10.5. The van der Waals surface area contributed by atoms with Gasteiger partial charge in [-0.25, -0.2) is 9.59 Å². The second-order valence-corrected chi connectivity index (χ2v) is 8.01. The summed E-state index contributed by atoms with van der Waals surface area (Å²) in [7, 11) is 0. The van der Waals surface area contributed by atoms with Crippen molar-refractivity contribution in [3.63, 3.8) is 0 Å². The van der Waals surface area contributed by atoms with Crippen molar-refractivity contribution in [1.29, 1.82) is 0 Å². The molecule has 0 radical (unpaired) electrons. The van der Waals surface area contributed by atoms with Crippen LogP contribution in [-0.4, -0.2) is 33.9 Å². The smallest absolute Gasteiger partial charge is 0.364 e. The minimum absolute atomic E-state index is 0.0769. The van der Waals surface area contributed by atoms with Crippen molar-refractivity contribution in [1.82, 2.24) is 5.06 Å². The molecular formula is C25H18N3O7+. The monoisotopic (exact) mass is 472 g/mol. The van der Waals surface area contributed by atoms with Crippen LogP contribution in [0.1, 0.15) is 33.6 Å².